The number of ether oxygens (including phenoxy) is 1. The van der Waals surface area contributed by atoms with Crippen LogP contribution in [0.4, 0.5) is 16.2 Å². The number of carbonyl (C=O) groups is 2. The number of aliphatic carboxylic acids is 1. The molecular formula is C20H24N2O4. The highest BCUT2D eigenvalue weighted by Gasteiger charge is 2.29. The van der Waals surface area contributed by atoms with Crippen molar-refractivity contribution in [2.45, 2.75) is 40.2 Å². The largest absolute Gasteiger partial charge is 0.478 e. The van der Waals surface area contributed by atoms with Crippen molar-refractivity contribution < 1.29 is 19.4 Å². The molecule has 0 fully saturated rings. The highest BCUT2D eigenvalue weighted by atomic mass is 16.5. The zero-order valence-electron chi connectivity index (χ0n) is 15.6. The summed E-state index contributed by atoms with van der Waals surface area (Å²) in [6.07, 6.45) is 0. The number of amides is 2. The smallest absolute Gasteiger partial charge is 0.347 e. The molecule has 2 aromatic carbocycles. The van der Waals surface area contributed by atoms with E-state index < -0.39 is 11.6 Å². The molecule has 0 spiro atoms. The molecule has 2 amide bonds. The molecule has 0 bridgehead atoms. The van der Waals surface area contributed by atoms with Crippen LogP contribution in [0.5, 0.6) is 5.75 Å². The Morgan fingerprint density at radius 3 is 2.00 bits per heavy atom. The molecule has 138 valence electrons. The van der Waals surface area contributed by atoms with Crippen LogP contribution in [0.1, 0.15) is 30.5 Å². The molecule has 2 aromatic rings. The summed E-state index contributed by atoms with van der Waals surface area (Å²) in [5, 5.41) is 14.7. The van der Waals surface area contributed by atoms with Gasteiger partial charge in [0.25, 0.3) is 0 Å². The van der Waals surface area contributed by atoms with Crippen LogP contribution in [-0.4, -0.2) is 22.7 Å². The lowest BCUT2D eigenvalue weighted by Gasteiger charge is -2.21. The molecule has 0 aliphatic heterocycles. The van der Waals surface area contributed by atoms with E-state index in [-0.39, 0.29) is 6.03 Å². The van der Waals surface area contributed by atoms with Gasteiger partial charge in [0.1, 0.15) is 5.75 Å². The van der Waals surface area contributed by atoms with E-state index in [1.54, 1.807) is 24.3 Å². The van der Waals surface area contributed by atoms with E-state index in [0.29, 0.717) is 11.4 Å². The molecule has 6 heteroatoms. The molecule has 0 radical (unpaired) electrons. The summed E-state index contributed by atoms with van der Waals surface area (Å²) in [4.78, 5) is 23.3. The first-order chi connectivity index (χ1) is 12.1. The van der Waals surface area contributed by atoms with Gasteiger partial charge in [-0.3, -0.25) is 0 Å². The zero-order valence-corrected chi connectivity index (χ0v) is 15.6. The van der Waals surface area contributed by atoms with Crippen LogP contribution in [0.3, 0.4) is 0 Å². The minimum atomic E-state index is -1.33. The Morgan fingerprint density at radius 2 is 1.50 bits per heavy atom. The van der Waals surface area contributed by atoms with Crippen LogP contribution in [0.2, 0.25) is 0 Å². The maximum absolute atomic E-state index is 12.2. The number of carboxylic acid groups (broad SMARTS) is 1. The number of nitrogens with one attached hydrogen (secondary N) is 2. The van der Waals surface area contributed by atoms with Crippen LogP contribution < -0.4 is 15.4 Å². The Balaban J connectivity index is 2.03. The lowest BCUT2D eigenvalue weighted by atomic mass is 10.1. The van der Waals surface area contributed by atoms with Crippen LogP contribution in [-0.2, 0) is 4.79 Å². The second kappa shape index (κ2) is 7.47. The summed E-state index contributed by atoms with van der Waals surface area (Å²) < 4.78 is 5.43. The van der Waals surface area contributed by atoms with Crippen LogP contribution in [0.15, 0.2) is 36.4 Å². The Hall–Kier alpha value is -3.02. The number of benzene rings is 2. The summed E-state index contributed by atoms with van der Waals surface area (Å²) in [6, 6.07) is 10.2. The van der Waals surface area contributed by atoms with Crippen LogP contribution in [0.25, 0.3) is 0 Å². The Bertz CT molecular complexity index is 803. The van der Waals surface area contributed by atoms with Crippen molar-refractivity contribution in [2.24, 2.45) is 0 Å². The minimum absolute atomic E-state index is 0.348. The van der Waals surface area contributed by atoms with Crippen molar-refractivity contribution in [2.75, 3.05) is 10.6 Å². The lowest BCUT2D eigenvalue weighted by Crippen LogP contribution is -2.37. The predicted octanol–water partition coefficient (Wildman–Crippen LogP) is 4.50. The summed E-state index contributed by atoms with van der Waals surface area (Å²) >= 11 is 0. The normalized spacial score (nSPS) is 11.0. The summed E-state index contributed by atoms with van der Waals surface area (Å²) in [7, 11) is 0. The summed E-state index contributed by atoms with van der Waals surface area (Å²) in [5.74, 6) is -0.642. The molecule has 0 saturated carbocycles. The number of carbonyl (C=O) groups excluding carboxylic acids is 1. The molecule has 0 aliphatic carbocycles. The van der Waals surface area contributed by atoms with Crippen molar-refractivity contribution in [1.82, 2.24) is 0 Å². The SMILES string of the molecule is Cc1cc(C)c(NC(=O)Nc2ccc(OC(C)(C)C(=O)O)cc2)c(C)c1. The average Bonchev–Trinajstić information content (AvgIpc) is 2.52. The van der Waals surface area contributed by atoms with Crippen molar-refractivity contribution in [3.63, 3.8) is 0 Å². The van der Waals surface area contributed by atoms with Gasteiger partial charge in [0, 0.05) is 11.4 Å². The topological polar surface area (TPSA) is 87.7 Å². The van der Waals surface area contributed by atoms with Crippen molar-refractivity contribution in [3.05, 3.63) is 53.1 Å². The van der Waals surface area contributed by atoms with Crippen LogP contribution >= 0.6 is 0 Å². The molecule has 0 aliphatic rings. The first-order valence-corrected chi connectivity index (χ1v) is 8.27. The molecule has 26 heavy (non-hydrogen) atoms. The van der Waals surface area contributed by atoms with E-state index in [2.05, 4.69) is 10.6 Å². The average molecular weight is 356 g/mol. The number of aryl methyl sites for hydroxylation is 3. The van der Waals surface area contributed by atoms with E-state index in [1.807, 2.05) is 32.9 Å². The fourth-order valence-electron chi connectivity index (χ4n) is 2.60. The Kier molecular flexibility index (Phi) is 5.55. The van der Waals surface area contributed by atoms with Gasteiger partial charge in [-0.15, -0.1) is 0 Å². The highest BCUT2D eigenvalue weighted by molar-refractivity contribution is 6.00. The summed E-state index contributed by atoms with van der Waals surface area (Å²) in [6.45, 7) is 8.86. The molecule has 3 N–H and O–H groups in total. The van der Waals surface area contributed by atoms with E-state index >= 15 is 0 Å². The monoisotopic (exact) mass is 356 g/mol. The molecule has 0 heterocycles. The molecule has 0 aromatic heterocycles. The third-order valence-electron chi connectivity index (χ3n) is 3.92. The molecule has 6 nitrogen and oxygen atoms in total. The van der Waals surface area contributed by atoms with Crippen molar-refractivity contribution in [3.8, 4) is 5.75 Å². The van der Waals surface area contributed by atoms with E-state index in [4.69, 9.17) is 9.84 Å². The highest BCUT2D eigenvalue weighted by Crippen LogP contribution is 2.23. The van der Waals surface area contributed by atoms with E-state index in [9.17, 15) is 9.59 Å². The molecule has 2 rings (SSSR count). The van der Waals surface area contributed by atoms with Gasteiger partial charge in [0.15, 0.2) is 5.60 Å². The fourth-order valence-corrected chi connectivity index (χ4v) is 2.60. The second-order valence-corrected chi connectivity index (χ2v) is 6.79. The van der Waals surface area contributed by atoms with Gasteiger partial charge in [-0.1, -0.05) is 17.7 Å². The van der Waals surface area contributed by atoms with Gasteiger partial charge in [-0.05, 0) is 70.0 Å². The van der Waals surface area contributed by atoms with Gasteiger partial charge in [0.2, 0.25) is 0 Å². The third kappa shape index (κ3) is 4.75. The Labute approximate surface area is 153 Å². The Morgan fingerprint density at radius 1 is 0.962 bits per heavy atom. The van der Waals surface area contributed by atoms with Crippen LogP contribution in [0, 0.1) is 20.8 Å². The molecule has 0 saturated heterocycles. The second-order valence-electron chi connectivity index (χ2n) is 6.79. The van der Waals surface area contributed by atoms with Crippen molar-refractivity contribution >= 4 is 23.4 Å². The molecule has 0 atom stereocenters. The quantitative estimate of drug-likeness (QED) is 0.736. The lowest BCUT2D eigenvalue weighted by molar-refractivity contribution is -0.152. The van der Waals surface area contributed by atoms with Gasteiger partial charge in [-0.2, -0.15) is 0 Å². The number of urea groups is 1. The molecular weight excluding hydrogens is 332 g/mol. The third-order valence-corrected chi connectivity index (χ3v) is 3.92. The first-order valence-electron chi connectivity index (χ1n) is 8.27. The number of hydrogen-bond acceptors (Lipinski definition) is 3. The van der Waals surface area contributed by atoms with Gasteiger partial charge in [0.05, 0.1) is 0 Å². The number of rotatable bonds is 5. The van der Waals surface area contributed by atoms with Gasteiger partial charge < -0.3 is 20.5 Å². The maximum atomic E-state index is 12.2. The standard InChI is InChI=1S/C20H24N2O4/c1-12-10-13(2)17(14(3)11-12)22-19(25)21-15-6-8-16(9-7-15)26-20(4,5)18(23)24/h6-11H,1-5H3,(H,23,24)(H2,21,22,25). The van der Waals surface area contributed by atoms with E-state index in [1.165, 1.54) is 13.8 Å². The number of carboxylic acids is 1. The van der Waals surface area contributed by atoms with Gasteiger partial charge in [-0.25, -0.2) is 9.59 Å². The van der Waals surface area contributed by atoms with Gasteiger partial charge >= 0.3 is 12.0 Å². The minimum Gasteiger partial charge on any atom is -0.478 e. The summed E-state index contributed by atoms with van der Waals surface area (Å²) in [5.41, 5.74) is 3.18. The number of hydrogen-bond donors (Lipinski definition) is 3. The maximum Gasteiger partial charge on any atom is 0.347 e. The number of anilines is 2. The first kappa shape index (κ1) is 19.3. The van der Waals surface area contributed by atoms with E-state index in [0.717, 1.165) is 22.4 Å². The van der Waals surface area contributed by atoms with Crippen molar-refractivity contribution in [1.29, 1.82) is 0 Å². The molecule has 0 unspecified atom stereocenters. The predicted molar refractivity (Wildman–Crippen MR) is 102 cm³/mol. The zero-order chi connectivity index (χ0) is 19.5. The fraction of sp³-hybridized carbons (Fsp3) is 0.300.